The van der Waals surface area contributed by atoms with Crippen molar-refractivity contribution >= 4 is 23.4 Å². The molecule has 0 spiro atoms. The second-order valence-electron chi connectivity index (χ2n) is 8.60. The molecule has 2 aliphatic heterocycles. The molecule has 2 heterocycles. The van der Waals surface area contributed by atoms with Crippen LogP contribution < -0.4 is 14.5 Å². The van der Waals surface area contributed by atoms with E-state index < -0.39 is 5.60 Å². The molecule has 0 bridgehead atoms. The van der Waals surface area contributed by atoms with Gasteiger partial charge in [0.15, 0.2) is 0 Å². The molecule has 8 nitrogen and oxygen atoms in total. The number of carbonyl (C=O) groups excluding carboxylic acids is 2. The number of amides is 2. The number of piperazine rings is 1. The van der Waals surface area contributed by atoms with Crippen molar-refractivity contribution in [2.45, 2.75) is 45.6 Å². The van der Waals surface area contributed by atoms with Crippen LogP contribution in [0.5, 0.6) is 5.75 Å². The quantitative estimate of drug-likeness (QED) is 0.707. The van der Waals surface area contributed by atoms with E-state index in [9.17, 15) is 9.59 Å². The first-order valence-electron chi connectivity index (χ1n) is 10.3. The number of methoxy groups -OCH3 is 1. The molecule has 1 fully saturated rings. The Labute approximate surface area is 177 Å². The van der Waals surface area contributed by atoms with Gasteiger partial charge in [0.1, 0.15) is 17.9 Å². The summed E-state index contributed by atoms with van der Waals surface area (Å²) in [6.07, 6.45) is 1.67. The van der Waals surface area contributed by atoms with Crippen LogP contribution in [0.25, 0.3) is 0 Å². The third-order valence-corrected chi connectivity index (χ3v) is 5.31. The Morgan fingerprint density at radius 2 is 1.83 bits per heavy atom. The highest BCUT2D eigenvalue weighted by molar-refractivity contribution is 5.96. The van der Waals surface area contributed by atoms with Gasteiger partial charge in [0.05, 0.1) is 24.6 Å². The monoisotopic (exact) mass is 414 g/mol. The van der Waals surface area contributed by atoms with Gasteiger partial charge in [-0.3, -0.25) is 9.69 Å². The fraction of sp³-hybridized carbons (Fsp3) is 0.591. The number of ether oxygens (including phenoxy) is 2. The lowest BCUT2D eigenvalue weighted by Crippen LogP contribution is -2.50. The molecule has 1 aromatic rings. The van der Waals surface area contributed by atoms with E-state index in [2.05, 4.69) is 17.0 Å². The molecular weight excluding hydrogens is 384 g/mol. The van der Waals surface area contributed by atoms with Crippen molar-refractivity contribution in [3.63, 3.8) is 0 Å². The lowest BCUT2D eigenvalue weighted by molar-refractivity contribution is -0.118. The van der Waals surface area contributed by atoms with E-state index >= 15 is 0 Å². The first-order valence-corrected chi connectivity index (χ1v) is 10.3. The third-order valence-electron chi connectivity index (χ3n) is 5.31. The van der Waals surface area contributed by atoms with Crippen LogP contribution in [0.15, 0.2) is 12.1 Å². The molecule has 1 saturated heterocycles. The number of rotatable bonds is 3. The molecule has 8 heteroatoms. The van der Waals surface area contributed by atoms with Gasteiger partial charge in [0, 0.05) is 38.7 Å². The molecule has 162 valence electrons. The van der Waals surface area contributed by atoms with Gasteiger partial charge >= 0.3 is 6.09 Å². The lowest BCUT2D eigenvalue weighted by Gasteiger charge is -2.37. The number of aryl methyl sites for hydroxylation is 1. The summed E-state index contributed by atoms with van der Waals surface area (Å²) in [6, 6.07) is 6.02. The molecule has 2 aliphatic rings. The van der Waals surface area contributed by atoms with Crippen LogP contribution in [-0.4, -0.2) is 62.3 Å². The second-order valence-corrected chi connectivity index (χ2v) is 8.60. The van der Waals surface area contributed by atoms with Crippen LogP contribution in [0.3, 0.4) is 0 Å². The maximum absolute atomic E-state index is 12.4. The minimum Gasteiger partial charge on any atom is -0.495 e. The summed E-state index contributed by atoms with van der Waals surface area (Å²) in [7, 11) is 1.61. The summed E-state index contributed by atoms with van der Waals surface area (Å²) >= 11 is 0. The number of fused-ring (bicyclic) bond motifs is 1. The Balaban J connectivity index is 1.81. The van der Waals surface area contributed by atoms with Crippen molar-refractivity contribution in [1.29, 1.82) is 5.26 Å². The fourth-order valence-corrected chi connectivity index (χ4v) is 3.86. The number of anilines is 2. The van der Waals surface area contributed by atoms with Gasteiger partial charge in [0.2, 0.25) is 5.91 Å². The number of hydrogen-bond donors (Lipinski definition) is 0. The molecule has 0 saturated carbocycles. The van der Waals surface area contributed by atoms with Crippen LogP contribution in [0.2, 0.25) is 0 Å². The fourth-order valence-electron chi connectivity index (χ4n) is 3.86. The smallest absolute Gasteiger partial charge is 0.410 e. The molecule has 0 N–H and O–H groups in total. The van der Waals surface area contributed by atoms with Crippen LogP contribution >= 0.6 is 0 Å². The molecular formula is C22H30N4O4. The normalized spacial score (nSPS) is 17.2. The number of nitrogens with zero attached hydrogens (tertiary/aromatic N) is 4. The number of carbonyl (C=O) groups is 2. The standard InChI is InChI=1S/C22H30N4O4/c1-22(2,3)30-21(28)25-12-10-24(11-13-25)18-14-16-6-5-7-20(27)26(9-8-23)17(16)15-19(18)29-4/h14-15H,5-7,9-13H2,1-4H3. The Bertz CT molecular complexity index is 848. The molecule has 3 rings (SSSR count). The summed E-state index contributed by atoms with van der Waals surface area (Å²) in [5.74, 6) is 0.633. The predicted octanol–water partition coefficient (Wildman–Crippen LogP) is 2.95. The predicted molar refractivity (Wildman–Crippen MR) is 114 cm³/mol. The summed E-state index contributed by atoms with van der Waals surface area (Å²) in [5, 5.41) is 9.15. The zero-order valence-electron chi connectivity index (χ0n) is 18.2. The Morgan fingerprint density at radius 1 is 1.13 bits per heavy atom. The van der Waals surface area contributed by atoms with Crippen molar-refractivity contribution in [2.75, 3.05) is 49.6 Å². The van der Waals surface area contributed by atoms with Gasteiger partial charge in [-0.25, -0.2) is 4.79 Å². The number of benzene rings is 1. The van der Waals surface area contributed by atoms with E-state index in [1.165, 1.54) is 0 Å². The molecule has 1 aromatic carbocycles. The molecule has 2 amide bonds. The number of hydrogen-bond acceptors (Lipinski definition) is 6. The Hall–Kier alpha value is -2.95. The van der Waals surface area contributed by atoms with E-state index in [4.69, 9.17) is 14.7 Å². The zero-order valence-corrected chi connectivity index (χ0v) is 18.2. The summed E-state index contributed by atoms with van der Waals surface area (Å²) < 4.78 is 11.1. The highest BCUT2D eigenvalue weighted by atomic mass is 16.6. The molecule has 30 heavy (non-hydrogen) atoms. The van der Waals surface area contributed by atoms with Crippen LogP contribution in [0.1, 0.15) is 39.2 Å². The highest BCUT2D eigenvalue weighted by Crippen LogP contribution is 2.38. The van der Waals surface area contributed by atoms with E-state index in [0.717, 1.165) is 29.8 Å². The first-order chi connectivity index (χ1) is 14.2. The molecule has 0 atom stereocenters. The van der Waals surface area contributed by atoms with E-state index in [0.29, 0.717) is 38.3 Å². The van der Waals surface area contributed by atoms with Gasteiger partial charge in [-0.15, -0.1) is 0 Å². The van der Waals surface area contributed by atoms with Crippen molar-refractivity contribution in [3.8, 4) is 11.8 Å². The van der Waals surface area contributed by atoms with Gasteiger partial charge in [-0.05, 0) is 45.2 Å². The van der Waals surface area contributed by atoms with Crippen LogP contribution in [0, 0.1) is 11.3 Å². The third kappa shape index (κ3) is 4.78. The minimum absolute atomic E-state index is 0.0307. The van der Waals surface area contributed by atoms with Gasteiger partial charge < -0.3 is 19.3 Å². The molecule has 0 unspecified atom stereocenters. The Kier molecular flexibility index (Phi) is 6.40. The van der Waals surface area contributed by atoms with E-state index in [-0.39, 0.29) is 18.5 Å². The lowest BCUT2D eigenvalue weighted by atomic mass is 10.0. The van der Waals surface area contributed by atoms with Crippen LogP contribution in [-0.2, 0) is 16.0 Å². The average molecular weight is 415 g/mol. The van der Waals surface area contributed by atoms with Crippen molar-refractivity contribution < 1.29 is 19.1 Å². The van der Waals surface area contributed by atoms with Crippen LogP contribution in [0.4, 0.5) is 16.2 Å². The Morgan fingerprint density at radius 3 is 2.43 bits per heavy atom. The SMILES string of the molecule is COc1cc2c(cc1N1CCN(C(=O)OC(C)(C)C)CC1)CCCC(=O)N2CC#N. The van der Waals surface area contributed by atoms with Crippen molar-refractivity contribution in [1.82, 2.24) is 4.90 Å². The highest BCUT2D eigenvalue weighted by Gasteiger charge is 2.29. The first kappa shape index (κ1) is 21.8. The topological polar surface area (TPSA) is 86.1 Å². The van der Waals surface area contributed by atoms with Gasteiger partial charge in [0.25, 0.3) is 0 Å². The average Bonchev–Trinajstić information content (AvgIpc) is 2.84. The van der Waals surface area contributed by atoms with E-state index in [1.807, 2.05) is 26.8 Å². The van der Waals surface area contributed by atoms with Gasteiger partial charge in [-0.1, -0.05) is 0 Å². The molecule has 0 aliphatic carbocycles. The van der Waals surface area contributed by atoms with Crippen molar-refractivity contribution in [3.05, 3.63) is 17.7 Å². The van der Waals surface area contributed by atoms with E-state index in [1.54, 1.807) is 16.9 Å². The molecule has 0 aromatic heterocycles. The summed E-state index contributed by atoms with van der Waals surface area (Å²) in [6.45, 7) is 8.07. The summed E-state index contributed by atoms with van der Waals surface area (Å²) in [4.78, 5) is 30.2. The van der Waals surface area contributed by atoms with Gasteiger partial charge in [-0.2, -0.15) is 5.26 Å². The second kappa shape index (κ2) is 8.82. The maximum Gasteiger partial charge on any atom is 0.410 e. The number of nitriles is 1. The summed E-state index contributed by atoms with van der Waals surface area (Å²) in [5.41, 5.74) is 2.24. The molecule has 0 radical (unpaired) electrons. The maximum atomic E-state index is 12.4. The zero-order chi connectivity index (χ0) is 21.9. The van der Waals surface area contributed by atoms with Crippen molar-refractivity contribution in [2.24, 2.45) is 0 Å². The minimum atomic E-state index is -0.513. The largest absolute Gasteiger partial charge is 0.495 e.